The summed E-state index contributed by atoms with van der Waals surface area (Å²) in [6, 6.07) is 18.3. The molecule has 0 radical (unpaired) electrons. The molecule has 1 aromatic heterocycles. The maximum Gasteiger partial charge on any atom is 0.172 e. The minimum absolute atomic E-state index is 0.0631. The van der Waals surface area contributed by atoms with Crippen LogP contribution in [0.4, 0.5) is 0 Å². The second-order valence-electron chi connectivity index (χ2n) is 5.58. The summed E-state index contributed by atoms with van der Waals surface area (Å²) in [7, 11) is 0. The first-order valence-corrected chi connectivity index (χ1v) is 8.15. The van der Waals surface area contributed by atoms with Crippen molar-refractivity contribution in [2.24, 2.45) is 0 Å². The van der Waals surface area contributed by atoms with Crippen LogP contribution < -0.4 is 10.1 Å². The predicted molar refractivity (Wildman–Crippen MR) is 93.9 cm³/mol. The maximum atomic E-state index is 5.57. The van der Waals surface area contributed by atoms with E-state index in [-0.39, 0.29) is 6.04 Å². The first kappa shape index (κ1) is 16.2. The molecule has 0 saturated carbocycles. The van der Waals surface area contributed by atoms with Gasteiger partial charge in [0.15, 0.2) is 5.82 Å². The van der Waals surface area contributed by atoms with Crippen molar-refractivity contribution in [3.63, 3.8) is 0 Å². The second-order valence-corrected chi connectivity index (χ2v) is 5.58. The van der Waals surface area contributed by atoms with Crippen LogP contribution in [0.2, 0.25) is 0 Å². The Bertz CT molecular complexity index is 770. The van der Waals surface area contributed by atoms with Gasteiger partial charge in [-0.2, -0.15) is 5.10 Å². The summed E-state index contributed by atoms with van der Waals surface area (Å²) in [5.41, 5.74) is 2.30. The lowest BCUT2D eigenvalue weighted by Gasteiger charge is -2.16. The highest BCUT2D eigenvalue weighted by molar-refractivity contribution is 5.29. The van der Waals surface area contributed by atoms with Crippen LogP contribution >= 0.6 is 0 Å². The van der Waals surface area contributed by atoms with Crippen LogP contribution in [0.3, 0.4) is 0 Å². The number of hydrogen-bond acceptors (Lipinski definition) is 4. The smallest absolute Gasteiger partial charge is 0.172 e. The van der Waals surface area contributed by atoms with Gasteiger partial charge in [-0.3, -0.25) is 10.4 Å². The zero-order chi connectivity index (χ0) is 16.8. The number of nitrogens with one attached hydrogen (secondary N) is 2. The van der Waals surface area contributed by atoms with E-state index in [1.165, 1.54) is 0 Å². The molecule has 1 heterocycles. The molecule has 5 nitrogen and oxygen atoms in total. The Morgan fingerprint density at radius 2 is 1.96 bits per heavy atom. The zero-order valence-electron chi connectivity index (χ0n) is 14.0. The fourth-order valence-corrected chi connectivity index (χ4v) is 2.62. The van der Waals surface area contributed by atoms with Crippen molar-refractivity contribution in [3.05, 3.63) is 77.4 Å². The molecule has 24 heavy (non-hydrogen) atoms. The van der Waals surface area contributed by atoms with Gasteiger partial charge in [-0.1, -0.05) is 42.5 Å². The minimum Gasteiger partial charge on any atom is -0.494 e. The molecule has 0 spiro atoms. The van der Waals surface area contributed by atoms with Gasteiger partial charge in [-0.05, 0) is 37.1 Å². The monoisotopic (exact) mass is 322 g/mol. The minimum atomic E-state index is -0.0631. The molecule has 2 N–H and O–H groups in total. The van der Waals surface area contributed by atoms with E-state index in [9.17, 15) is 0 Å². The van der Waals surface area contributed by atoms with Gasteiger partial charge >= 0.3 is 0 Å². The molecule has 0 fully saturated rings. The molecule has 0 unspecified atom stereocenters. The van der Waals surface area contributed by atoms with Crippen molar-refractivity contribution in [2.75, 3.05) is 6.61 Å². The van der Waals surface area contributed by atoms with Crippen LogP contribution in [0.15, 0.2) is 54.6 Å². The first-order valence-electron chi connectivity index (χ1n) is 8.15. The largest absolute Gasteiger partial charge is 0.494 e. The van der Waals surface area contributed by atoms with E-state index < -0.39 is 0 Å². The highest BCUT2D eigenvalue weighted by atomic mass is 16.5. The number of aryl methyl sites for hydroxylation is 1. The molecule has 0 bridgehead atoms. The SMILES string of the molecule is CCOc1cccc(CN[C@H](c2ccccc2)c2n[nH]c(C)n2)c1. The number of aromatic amines is 1. The van der Waals surface area contributed by atoms with E-state index in [4.69, 9.17) is 4.74 Å². The number of nitrogens with zero attached hydrogens (tertiary/aromatic N) is 2. The summed E-state index contributed by atoms with van der Waals surface area (Å²) in [6.45, 7) is 5.26. The third-order valence-electron chi connectivity index (χ3n) is 3.73. The lowest BCUT2D eigenvalue weighted by Crippen LogP contribution is -2.23. The molecule has 5 heteroatoms. The Morgan fingerprint density at radius 1 is 1.12 bits per heavy atom. The lowest BCUT2D eigenvalue weighted by atomic mass is 10.1. The van der Waals surface area contributed by atoms with Gasteiger partial charge in [-0.25, -0.2) is 4.98 Å². The lowest BCUT2D eigenvalue weighted by molar-refractivity contribution is 0.339. The van der Waals surface area contributed by atoms with Crippen LogP contribution in [0.1, 0.15) is 35.7 Å². The number of ether oxygens (including phenoxy) is 1. The van der Waals surface area contributed by atoms with Crippen LogP contribution in [-0.4, -0.2) is 21.8 Å². The number of rotatable bonds is 7. The summed E-state index contributed by atoms with van der Waals surface area (Å²) < 4.78 is 5.57. The van der Waals surface area contributed by atoms with Gasteiger partial charge in [0.1, 0.15) is 11.6 Å². The summed E-state index contributed by atoms with van der Waals surface area (Å²) in [5.74, 6) is 2.45. The Labute approximate surface area is 142 Å². The van der Waals surface area contributed by atoms with Crippen molar-refractivity contribution < 1.29 is 4.74 Å². The highest BCUT2D eigenvalue weighted by Gasteiger charge is 2.17. The maximum absolute atomic E-state index is 5.57. The van der Waals surface area contributed by atoms with Crippen molar-refractivity contribution in [1.82, 2.24) is 20.5 Å². The second kappa shape index (κ2) is 7.75. The molecule has 0 aliphatic rings. The van der Waals surface area contributed by atoms with Gasteiger partial charge in [0.2, 0.25) is 0 Å². The highest BCUT2D eigenvalue weighted by Crippen LogP contribution is 2.20. The fourth-order valence-electron chi connectivity index (χ4n) is 2.62. The van der Waals surface area contributed by atoms with E-state index in [1.807, 2.05) is 44.2 Å². The Morgan fingerprint density at radius 3 is 2.67 bits per heavy atom. The number of hydrogen-bond donors (Lipinski definition) is 2. The van der Waals surface area contributed by atoms with E-state index in [0.717, 1.165) is 28.5 Å². The van der Waals surface area contributed by atoms with E-state index in [2.05, 4.69) is 44.8 Å². The van der Waals surface area contributed by atoms with Gasteiger partial charge in [0.25, 0.3) is 0 Å². The molecule has 124 valence electrons. The van der Waals surface area contributed by atoms with Crippen LogP contribution in [0, 0.1) is 6.92 Å². The van der Waals surface area contributed by atoms with Gasteiger partial charge in [0.05, 0.1) is 12.6 Å². The Kier molecular flexibility index (Phi) is 5.23. The van der Waals surface area contributed by atoms with E-state index in [1.54, 1.807) is 0 Å². The number of H-pyrrole nitrogens is 1. The van der Waals surface area contributed by atoms with E-state index >= 15 is 0 Å². The van der Waals surface area contributed by atoms with Gasteiger partial charge in [0, 0.05) is 6.54 Å². The molecule has 3 aromatic rings. The molecular formula is C19H22N4O. The average Bonchev–Trinajstić information content (AvgIpc) is 3.03. The van der Waals surface area contributed by atoms with Crippen molar-refractivity contribution in [3.8, 4) is 5.75 Å². The standard InChI is InChI=1S/C19H22N4O/c1-3-24-17-11-7-8-15(12-17)13-20-18(16-9-5-4-6-10-16)19-21-14(2)22-23-19/h4-12,18,20H,3,13H2,1-2H3,(H,21,22,23)/t18-/m1/s1. The molecular weight excluding hydrogens is 300 g/mol. The number of benzene rings is 2. The molecule has 3 rings (SSSR count). The average molecular weight is 322 g/mol. The van der Waals surface area contributed by atoms with Gasteiger partial charge in [-0.15, -0.1) is 0 Å². The van der Waals surface area contributed by atoms with E-state index in [0.29, 0.717) is 13.2 Å². The number of aromatic nitrogens is 3. The quantitative estimate of drug-likeness (QED) is 0.700. The first-order chi connectivity index (χ1) is 11.8. The van der Waals surface area contributed by atoms with Crippen molar-refractivity contribution in [2.45, 2.75) is 26.4 Å². The predicted octanol–water partition coefficient (Wildman–Crippen LogP) is 3.39. The summed E-state index contributed by atoms with van der Waals surface area (Å²) >= 11 is 0. The Balaban J connectivity index is 1.79. The summed E-state index contributed by atoms with van der Waals surface area (Å²) in [4.78, 5) is 4.49. The fraction of sp³-hybridized carbons (Fsp3) is 0.263. The third-order valence-corrected chi connectivity index (χ3v) is 3.73. The van der Waals surface area contributed by atoms with Gasteiger partial charge < -0.3 is 4.74 Å². The molecule has 0 amide bonds. The summed E-state index contributed by atoms with van der Waals surface area (Å²) in [5, 5.41) is 10.8. The van der Waals surface area contributed by atoms with Crippen LogP contribution in [0.5, 0.6) is 5.75 Å². The molecule has 0 aliphatic heterocycles. The topological polar surface area (TPSA) is 62.8 Å². The molecule has 0 saturated heterocycles. The van der Waals surface area contributed by atoms with Crippen LogP contribution in [-0.2, 0) is 6.54 Å². The van der Waals surface area contributed by atoms with Crippen molar-refractivity contribution >= 4 is 0 Å². The third kappa shape index (κ3) is 4.00. The summed E-state index contributed by atoms with van der Waals surface area (Å²) in [6.07, 6.45) is 0. The molecule has 0 aliphatic carbocycles. The van der Waals surface area contributed by atoms with Crippen LogP contribution in [0.25, 0.3) is 0 Å². The molecule has 2 aromatic carbocycles. The Hall–Kier alpha value is -2.66. The zero-order valence-corrected chi connectivity index (χ0v) is 14.0. The van der Waals surface area contributed by atoms with Crippen molar-refractivity contribution in [1.29, 1.82) is 0 Å². The normalized spacial score (nSPS) is 12.1. The molecule has 1 atom stereocenters.